The molecule has 0 aliphatic heterocycles. The van der Waals surface area contributed by atoms with Gasteiger partial charge >= 0.3 is 0 Å². The number of rotatable bonds is 6. The number of carbonyl (C=O) groups is 1. The van der Waals surface area contributed by atoms with Crippen molar-refractivity contribution in [2.45, 2.75) is 0 Å². The molecular weight excluding hydrogens is 380 g/mol. The Balaban J connectivity index is 1.85. The zero-order valence-electron chi connectivity index (χ0n) is 12.7. The van der Waals surface area contributed by atoms with E-state index >= 15 is 0 Å². The van der Waals surface area contributed by atoms with Crippen molar-refractivity contribution in [3.05, 3.63) is 46.4 Å². The maximum absolute atomic E-state index is 11.7. The molecule has 7 nitrogen and oxygen atoms in total. The van der Waals surface area contributed by atoms with E-state index in [1.165, 1.54) is 24.4 Å². The fourth-order valence-electron chi connectivity index (χ4n) is 1.70. The SMILES string of the molecule is COc1ccc(OCC(=O)NN=Cc2ccc(O)c(O)c2)c(Br)c1. The number of halogens is 1. The van der Waals surface area contributed by atoms with Gasteiger partial charge in [-0.15, -0.1) is 0 Å². The second-order valence-electron chi connectivity index (χ2n) is 4.63. The van der Waals surface area contributed by atoms with Gasteiger partial charge in [0.2, 0.25) is 0 Å². The molecule has 0 aliphatic carbocycles. The number of hydrazone groups is 1. The number of benzene rings is 2. The second kappa shape index (κ2) is 8.21. The molecule has 8 heteroatoms. The highest BCUT2D eigenvalue weighted by molar-refractivity contribution is 9.10. The fraction of sp³-hybridized carbons (Fsp3) is 0.125. The molecule has 2 rings (SSSR count). The molecule has 126 valence electrons. The van der Waals surface area contributed by atoms with E-state index in [1.807, 2.05) is 0 Å². The molecular formula is C16H15BrN2O5. The first kappa shape index (κ1) is 17.6. The van der Waals surface area contributed by atoms with Gasteiger partial charge in [-0.2, -0.15) is 5.10 Å². The molecule has 24 heavy (non-hydrogen) atoms. The third-order valence-corrected chi connectivity index (χ3v) is 3.52. The van der Waals surface area contributed by atoms with E-state index < -0.39 is 5.91 Å². The van der Waals surface area contributed by atoms with E-state index in [0.29, 0.717) is 21.5 Å². The zero-order valence-corrected chi connectivity index (χ0v) is 14.3. The Hall–Kier alpha value is -2.74. The summed E-state index contributed by atoms with van der Waals surface area (Å²) < 4.78 is 11.1. The molecule has 0 fully saturated rings. The highest BCUT2D eigenvalue weighted by Gasteiger charge is 2.06. The first-order valence-electron chi connectivity index (χ1n) is 6.80. The first-order chi connectivity index (χ1) is 11.5. The van der Waals surface area contributed by atoms with Crippen LogP contribution in [0.4, 0.5) is 0 Å². The smallest absolute Gasteiger partial charge is 0.277 e. The fourth-order valence-corrected chi connectivity index (χ4v) is 2.17. The van der Waals surface area contributed by atoms with Gasteiger partial charge in [0.25, 0.3) is 5.91 Å². The predicted molar refractivity (Wildman–Crippen MR) is 91.7 cm³/mol. The molecule has 3 N–H and O–H groups in total. The lowest BCUT2D eigenvalue weighted by Gasteiger charge is -2.08. The van der Waals surface area contributed by atoms with Crippen LogP contribution < -0.4 is 14.9 Å². The number of amides is 1. The molecule has 0 unspecified atom stereocenters. The monoisotopic (exact) mass is 394 g/mol. The van der Waals surface area contributed by atoms with Gasteiger partial charge in [0.05, 0.1) is 17.8 Å². The standard InChI is InChI=1S/C16H15BrN2O5/c1-23-11-3-5-15(12(17)7-11)24-9-16(22)19-18-8-10-2-4-13(20)14(21)6-10/h2-8,20-21H,9H2,1H3,(H,19,22). The minimum Gasteiger partial charge on any atom is -0.504 e. The van der Waals surface area contributed by atoms with Crippen molar-refractivity contribution in [2.75, 3.05) is 13.7 Å². The minimum atomic E-state index is -0.447. The highest BCUT2D eigenvalue weighted by Crippen LogP contribution is 2.29. The molecule has 2 aromatic carbocycles. The van der Waals surface area contributed by atoms with Crippen molar-refractivity contribution in [1.29, 1.82) is 0 Å². The Morgan fingerprint density at radius 1 is 1.25 bits per heavy atom. The van der Waals surface area contributed by atoms with E-state index in [2.05, 4.69) is 26.5 Å². The van der Waals surface area contributed by atoms with Crippen LogP contribution in [0.2, 0.25) is 0 Å². The van der Waals surface area contributed by atoms with Crippen LogP contribution in [0.15, 0.2) is 46.0 Å². The lowest BCUT2D eigenvalue weighted by atomic mass is 10.2. The largest absolute Gasteiger partial charge is 0.504 e. The van der Waals surface area contributed by atoms with Crippen LogP contribution >= 0.6 is 15.9 Å². The summed E-state index contributed by atoms with van der Waals surface area (Å²) >= 11 is 3.32. The average molecular weight is 395 g/mol. The van der Waals surface area contributed by atoms with Crippen LogP contribution in [0.25, 0.3) is 0 Å². The summed E-state index contributed by atoms with van der Waals surface area (Å²) in [5.41, 5.74) is 2.82. The normalized spacial score (nSPS) is 10.6. The van der Waals surface area contributed by atoms with Crippen molar-refractivity contribution in [3.63, 3.8) is 0 Å². The summed E-state index contributed by atoms with van der Waals surface area (Å²) in [6.45, 7) is -0.219. The van der Waals surface area contributed by atoms with Crippen molar-refractivity contribution in [3.8, 4) is 23.0 Å². The molecule has 0 heterocycles. The Morgan fingerprint density at radius 2 is 2.04 bits per heavy atom. The Kier molecular flexibility index (Phi) is 6.02. The number of ether oxygens (including phenoxy) is 2. The predicted octanol–water partition coefficient (Wildman–Crippen LogP) is 2.40. The summed E-state index contributed by atoms with van der Waals surface area (Å²) in [7, 11) is 1.56. The lowest BCUT2D eigenvalue weighted by Crippen LogP contribution is -2.24. The molecule has 0 aliphatic rings. The van der Waals surface area contributed by atoms with Gasteiger partial charge < -0.3 is 19.7 Å². The van der Waals surface area contributed by atoms with Crippen molar-refractivity contribution >= 4 is 28.1 Å². The number of nitrogens with one attached hydrogen (secondary N) is 1. The maximum atomic E-state index is 11.7. The van der Waals surface area contributed by atoms with Crippen LogP contribution in [-0.4, -0.2) is 36.1 Å². The topological polar surface area (TPSA) is 100 Å². The van der Waals surface area contributed by atoms with Crippen molar-refractivity contribution in [1.82, 2.24) is 5.43 Å². The molecule has 0 bridgehead atoms. The number of methoxy groups -OCH3 is 1. The maximum Gasteiger partial charge on any atom is 0.277 e. The van der Waals surface area contributed by atoms with Gasteiger partial charge in [0, 0.05) is 0 Å². The Bertz CT molecular complexity index is 764. The van der Waals surface area contributed by atoms with Crippen LogP contribution in [0.1, 0.15) is 5.56 Å². The summed E-state index contributed by atoms with van der Waals surface area (Å²) in [5, 5.41) is 22.3. The van der Waals surface area contributed by atoms with Crippen LogP contribution in [0, 0.1) is 0 Å². The molecule has 0 spiro atoms. The van der Waals surface area contributed by atoms with E-state index in [-0.39, 0.29) is 18.1 Å². The Labute approximate surface area is 146 Å². The third kappa shape index (κ3) is 4.88. The molecule has 0 atom stereocenters. The van der Waals surface area contributed by atoms with Gasteiger partial charge in [-0.05, 0) is 57.9 Å². The van der Waals surface area contributed by atoms with Gasteiger partial charge in [-0.25, -0.2) is 5.43 Å². The van der Waals surface area contributed by atoms with Gasteiger partial charge in [0.1, 0.15) is 11.5 Å². The molecule has 1 amide bonds. The van der Waals surface area contributed by atoms with Gasteiger partial charge in [-0.1, -0.05) is 0 Å². The van der Waals surface area contributed by atoms with E-state index in [4.69, 9.17) is 9.47 Å². The Morgan fingerprint density at radius 3 is 2.71 bits per heavy atom. The number of hydrogen-bond acceptors (Lipinski definition) is 6. The minimum absolute atomic E-state index is 0.219. The van der Waals surface area contributed by atoms with Crippen LogP contribution in [0.3, 0.4) is 0 Å². The number of carbonyl (C=O) groups excluding carboxylic acids is 1. The summed E-state index contributed by atoms with van der Waals surface area (Å²) in [6, 6.07) is 9.29. The zero-order chi connectivity index (χ0) is 17.5. The van der Waals surface area contributed by atoms with Crippen molar-refractivity contribution < 1.29 is 24.5 Å². The van der Waals surface area contributed by atoms with Crippen molar-refractivity contribution in [2.24, 2.45) is 5.10 Å². The van der Waals surface area contributed by atoms with E-state index in [0.717, 1.165) is 0 Å². The summed E-state index contributed by atoms with van der Waals surface area (Å²) in [6.07, 6.45) is 1.33. The molecule has 0 radical (unpaired) electrons. The first-order valence-corrected chi connectivity index (χ1v) is 7.59. The van der Waals surface area contributed by atoms with Crippen LogP contribution in [-0.2, 0) is 4.79 Å². The number of hydrogen-bond donors (Lipinski definition) is 3. The van der Waals surface area contributed by atoms with Crippen LogP contribution in [0.5, 0.6) is 23.0 Å². The van der Waals surface area contributed by atoms with E-state index in [9.17, 15) is 15.0 Å². The average Bonchev–Trinajstić information content (AvgIpc) is 2.57. The molecule has 2 aromatic rings. The number of nitrogens with zero attached hydrogens (tertiary/aromatic N) is 1. The molecule has 0 saturated carbocycles. The number of aromatic hydroxyl groups is 2. The molecule has 0 saturated heterocycles. The summed E-state index contributed by atoms with van der Waals surface area (Å²) in [4.78, 5) is 11.7. The lowest BCUT2D eigenvalue weighted by molar-refractivity contribution is -0.123. The quantitative estimate of drug-likeness (QED) is 0.396. The third-order valence-electron chi connectivity index (χ3n) is 2.90. The molecule has 0 aromatic heterocycles. The highest BCUT2D eigenvalue weighted by atomic mass is 79.9. The number of phenolic OH excluding ortho intramolecular Hbond substituents is 2. The summed E-state index contributed by atoms with van der Waals surface area (Å²) in [5.74, 6) is 0.225. The number of phenols is 2. The van der Waals surface area contributed by atoms with Gasteiger partial charge in [-0.3, -0.25) is 4.79 Å². The van der Waals surface area contributed by atoms with Gasteiger partial charge in [0.15, 0.2) is 18.1 Å². The second-order valence-corrected chi connectivity index (χ2v) is 5.48. The van der Waals surface area contributed by atoms with E-state index in [1.54, 1.807) is 25.3 Å².